The molecule has 0 saturated heterocycles. The molecule has 0 bridgehead atoms. The van der Waals surface area contributed by atoms with Crippen LogP contribution in [0, 0.1) is 0 Å². The number of unbranched alkanes of at least 4 members (excludes halogenated alkanes) is 11. The normalized spacial score (nSPS) is 9.94. The van der Waals surface area contributed by atoms with Crippen LogP contribution in [0.25, 0.3) is 0 Å². The lowest BCUT2D eigenvalue weighted by atomic mass is 10.1. The van der Waals surface area contributed by atoms with Gasteiger partial charge in [-0.05, 0) is 25.7 Å². The summed E-state index contributed by atoms with van der Waals surface area (Å²) in [4.78, 5) is 56.2. The van der Waals surface area contributed by atoms with E-state index < -0.39 is 23.9 Å². The quantitative estimate of drug-likeness (QED) is 0.0863. The van der Waals surface area contributed by atoms with Gasteiger partial charge < -0.3 is 19.6 Å². The van der Waals surface area contributed by atoms with Crippen LogP contribution < -0.4 is 0 Å². The molecular formula is C21H38O12. The van der Waals surface area contributed by atoms with Crippen molar-refractivity contribution >= 4 is 23.9 Å². The minimum Gasteiger partial charge on any atom is -0.301 e. The number of carbonyl (C=O) groups is 4. The number of rotatable bonds is 19. The fraction of sp³-hybridized carbons (Fsp3) is 0.810. The summed E-state index contributed by atoms with van der Waals surface area (Å²) in [6.07, 6.45) is 12.5. The highest BCUT2D eigenvalue weighted by atomic mass is 17.1. The molecule has 0 rings (SSSR count). The fourth-order valence-electron chi connectivity index (χ4n) is 2.85. The van der Waals surface area contributed by atoms with Crippen molar-refractivity contribution in [2.24, 2.45) is 0 Å². The Morgan fingerprint density at radius 2 is 0.485 bits per heavy atom. The Bertz CT molecular complexity index is 465. The molecule has 194 valence electrons. The first-order chi connectivity index (χ1) is 15.9. The Morgan fingerprint density at radius 1 is 0.333 bits per heavy atom. The molecule has 0 aliphatic heterocycles. The average molecular weight is 483 g/mol. The van der Waals surface area contributed by atoms with Gasteiger partial charge >= 0.3 is 23.9 Å². The molecule has 0 aliphatic rings. The van der Waals surface area contributed by atoms with Crippen LogP contribution in [0.1, 0.15) is 109 Å². The maximum atomic E-state index is 10.6. The van der Waals surface area contributed by atoms with Gasteiger partial charge in [0.15, 0.2) is 0 Å². The third-order valence-electron chi connectivity index (χ3n) is 4.68. The van der Waals surface area contributed by atoms with Gasteiger partial charge in [-0.2, -0.15) is 21.0 Å². The highest BCUT2D eigenvalue weighted by Crippen LogP contribution is 2.11. The van der Waals surface area contributed by atoms with Gasteiger partial charge in [-0.3, -0.25) is 0 Å². The molecule has 0 aromatic rings. The molecule has 0 unspecified atom stereocenters. The van der Waals surface area contributed by atoms with Gasteiger partial charge in [-0.15, -0.1) is 0 Å². The van der Waals surface area contributed by atoms with Gasteiger partial charge in [0.1, 0.15) is 0 Å². The highest BCUT2D eigenvalue weighted by Gasteiger charge is 2.04. The topological polar surface area (TPSA) is 186 Å². The smallest absolute Gasteiger partial charge is 0.301 e. The van der Waals surface area contributed by atoms with E-state index in [-0.39, 0.29) is 25.7 Å². The number of hydrogen-bond donors (Lipinski definition) is 4. The van der Waals surface area contributed by atoms with E-state index in [4.69, 9.17) is 21.0 Å². The van der Waals surface area contributed by atoms with Gasteiger partial charge in [-0.1, -0.05) is 57.8 Å². The molecule has 12 heteroatoms. The first-order valence-corrected chi connectivity index (χ1v) is 11.3. The Hall–Kier alpha value is -2.28. The summed E-state index contributed by atoms with van der Waals surface area (Å²) in [5, 5.41) is 31.9. The molecular weight excluding hydrogens is 444 g/mol. The summed E-state index contributed by atoms with van der Waals surface area (Å²) in [7, 11) is 0. The van der Waals surface area contributed by atoms with Crippen LogP contribution in [-0.2, 0) is 38.7 Å². The Morgan fingerprint density at radius 3 is 0.636 bits per heavy atom. The van der Waals surface area contributed by atoms with E-state index in [0.29, 0.717) is 12.8 Å². The van der Waals surface area contributed by atoms with Crippen LogP contribution in [0.5, 0.6) is 0 Å². The third kappa shape index (κ3) is 27.7. The van der Waals surface area contributed by atoms with Crippen molar-refractivity contribution in [3.8, 4) is 0 Å². The van der Waals surface area contributed by atoms with Gasteiger partial charge in [0.05, 0.1) is 0 Å². The Balaban J connectivity index is 0. The third-order valence-corrected chi connectivity index (χ3v) is 4.68. The molecule has 0 atom stereocenters. The SMILES string of the molecule is O=C(CCCCCCCC(=O)OO)OO.O=C(CCCCCCCCCCC(=O)OO)OO. The summed E-state index contributed by atoms with van der Waals surface area (Å²) < 4.78 is 0. The summed E-state index contributed by atoms with van der Waals surface area (Å²) in [6.45, 7) is 0. The molecule has 12 nitrogen and oxygen atoms in total. The van der Waals surface area contributed by atoms with Crippen LogP contribution in [0.4, 0.5) is 0 Å². The monoisotopic (exact) mass is 482 g/mol. The van der Waals surface area contributed by atoms with Gasteiger partial charge in [0.2, 0.25) is 0 Å². The second-order valence-electron chi connectivity index (χ2n) is 7.45. The molecule has 0 spiro atoms. The predicted molar refractivity (Wildman–Crippen MR) is 113 cm³/mol. The van der Waals surface area contributed by atoms with Crippen molar-refractivity contribution < 1.29 is 59.8 Å². The van der Waals surface area contributed by atoms with E-state index in [9.17, 15) is 19.2 Å². The average Bonchev–Trinajstić information content (AvgIpc) is 2.83. The lowest BCUT2D eigenvalue weighted by Crippen LogP contribution is -2.00. The van der Waals surface area contributed by atoms with Crippen LogP contribution >= 0.6 is 0 Å². The van der Waals surface area contributed by atoms with Crippen molar-refractivity contribution in [3.05, 3.63) is 0 Å². The molecule has 33 heavy (non-hydrogen) atoms. The van der Waals surface area contributed by atoms with E-state index in [1.54, 1.807) is 0 Å². The fourth-order valence-corrected chi connectivity index (χ4v) is 2.85. The predicted octanol–water partition coefficient (Wildman–Crippen LogP) is 4.67. The van der Waals surface area contributed by atoms with Crippen LogP contribution in [-0.4, -0.2) is 44.9 Å². The van der Waals surface area contributed by atoms with Gasteiger partial charge in [0.25, 0.3) is 0 Å². The van der Waals surface area contributed by atoms with Gasteiger partial charge in [0, 0.05) is 25.7 Å². The van der Waals surface area contributed by atoms with E-state index in [1.807, 2.05) is 0 Å². The summed E-state index contributed by atoms with van der Waals surface area (Å²) >= 11 is 0. The number of carbonyl (C=O) groups excluding carboxylic acids is 4. The zero-order chi connectivity index (χ0) is 25.2. The maximum absolute atomic E-state index is 10.6. The van der Waals surface area contributed by atoms with E-state index in [0.717, 1.165) is 70.6 Å². The zero-order valence-electron chi connectivity index (χ0n) is 19.1. The Labute approximate surface area is 193 Å². The molecule has 0 aromatic carbocycles. The lowest BCUT2D eigenvalue weighted by Gasteiger charge is -2.01. The molecule has 0 radical (unpaired) electrons. The molecule has 4 N–H and O–H groups in total. The van der Waals surface area contributed by atoms with Crippen molar-refractivity contribution in [1.29, 1.82) is 0 Å². The standard InChI is InChI=1S/C12H22O6.C9H16O6/c13-11(17-15)9-7-5-3-1-2-4-6-8-10-12(14)18-16;10-8(14-12)6-4-2-1-3-5-7-9(11)15-13/h15-16H,1-10H2;12-13H,1-7H2. The summed E-state index contributed by atoms with van der Waals surface area (Å²) in [6, 6.07) is 0. The van der Waals surface area contributed by atoms with E-state index >= 15 is 0 Å². The van der Waals surface area contributed by atoms with Crippen LogP contribution in [0.3, 0.4) is 0 Å². The number of hydrogen-bond acceptors (Lipinski definition) is 12. The second-order valence-corrected chi connectivity index (χ2v) is 7.45. The van der Waals surface area contributed by atoms with Gasteiger partial charge in [-0.25, -0.2) is 19.2 Å². The van der Waals surface area contributed by atoms with Crippen molar-refractivity contribution in [2.75, 3.05) is 0 Å². The first kappa shape index (κ1) is 32.9. The zero-order valence-corrected chi connectivity index (χ0v) is 19.1. The van der Waals surface area contributed by atoms with Crippen LogP contribution in [0.2, 0.25) is 0 Å². The largest absolute Gasteiger partial charge is 0.342 e. The molecule has 0 aromatic heterocycles. The minimum absolute atomic E-state index is 0.204. The lowest BCUT2D eigenvalue weighted by molar-refractivity contribution is -0.234. The Kier molecular flexibility index (Phi) is 25.9. The van der Waals surface area contributed by atoms with Crippen LogP contribution in [0.15, 0.2) is 0 Å². The molecule has 0 saturated carbocycles. The summed E-state index contributed by atoms with van der Waals surface area (Å²) in [5.41, 5.74) is 0. The molecule has 0 aliphatic carbocycles. The van der Waals surface area contributed by atoms with E-state index in [1.165, 1.54) is 0 Å². The second kappa shape index (κ2) is 26.0. The molecule has 0 amide bonds. The summed E-state index contributed by atoms with van der Waals surface area (Å²) in [5.74, 6) is -2.41. The van der Waals surface area contributed by atoms with Crippen molar-refractivity contribution in [3.63, 3.8) is 0 Å². The van der Waals surface area contributed by atoms with Crippen molar-refractivity contribution in [2.45, 2.75) is 109 Å². The molecule has 0 fully saturated rings. The first-order valence-electron chi connectivity index (χ1n) is 11.3. The van der Waals surface area contributed by atoms with E-state index in [2.05, 4.69) is 19.6 Å². The minimum atomic E-state index is -0.626. The molecule has 0 heterocycles. The highest BCUT2D eigenvalue weighted by molar-refractivity contribution is 5.69. The van der Waals surface area contributed by atoms with Crippen molar-refractivity contribution in [1.82, 2.24) is 0 Å². The maximum Gasteiger partial charge on any atom is 0.342 e.